The molecule has 0 aliphatic rings. The van der Waals surface area contributed by atoms with E-state index >= 15 is 0 Å². The Labute approximate surface area is 40.0 Å². The second-order valence-corrected chi connectivity index (χ2v) is 2.94. The Morgan fingerprint density at radius 2 is 2.33 bits per heavy atom. The van der Waals surface area contributed by atoms with Crippen molar-refractivity contribution in [1.29, 1.82) is 0 Å². The summed E-state index contributed by atoms with van der Waals surface area (Å²) in [7, 11) is -1.01. The van der Waals surface area contributed by atoms with Crippen molar-refractivity contribution in [3.8, 4) is 0 Å². The molecule has 0 heterocycles. The van der Waals surface area contributed by atoms with Gasteiger partial charge in [0.1, 0.15) is 0 Å². The average Bonchev–Trinajstić information content (AvgIpc) is 1.35. The summed E-state index contributed by atoms with van der Waals surface area (Å²) < 4.78 is 0. The van der Waals surface area contributed by atoms with Crippen LogP contribution >= 0.6 is 0 Å². The van der Waals surface area contributed by atoms with Crippen LogP contribution in [-0.2, 0) is 0 Å². The Hall–Kier alpha value is -0.113. The van der Waals surface area contributed by atoms with E-state index in [1.807, 2.05) is 19.1 Å². The van der Waals surface area contributed by atoms with E-state index in [2.05, 4.69) is 0 Å². The molecular weight excluding hydrogens is 92.1 g/mol. The largest absolute Gasteiger partial charge is 0.566 e. The average molecular weight is 102 g/mol. The zero-order chi connectivity index (χ0) is 4.99. The fourth-order valence-electron chi connectivity index (χ4n) is 0.295. The van der Waals surface area contributed by atoms with Gasteiger partial charge < -0.3 is 4.80 Å². The third kappa shape index (κ3) is 3.89. The highest BCUT2D eigenvalue weighted by Crippen LogP contribution is 1.62. The highest BCUT2D eigenvalue weighted by atomic mass is 28.3. The molecule has 0 spiro atoms. The molecule has 0 saturated heterocycles. The molecule has 0 aromatic carbocycles. The van der Waals surface area contributed by atoms with Gasteiger partial charge in [-0.3, -0.25) is 0 Å². The van der Waals surface area contributed by atoms with Crippen molar-refractivity contribution < 1.29 is 4.80 Å². The van der Waals surface area contributed by atoms with E-state index in [-0.39, 0.29) is 0 Å². The van der Waals surface area contributed by atoms with Gasteiger partial charge in [-0.2, -0.15) is 0 Å². The van der Waals surface area contributed by atoms with E-state index in [9.17, 15) is 0 Å². The van der Waals surface area contributed by atoms with Crippen molar-refractivity contribution in [2.75, 3.05) is 0 Å². The number of hydrogen-bond acceptors (Lipinski definition) is 1. The van der Waals surface area contributed by atoms with Crippen LogP contribution in [0.25, 0.3) is 0 Å². The first-order valence-corrected chi connectivity index (χ1v) is 4.15. The van der Waals surface area contributed by atoms with E-state index in [0.29, 0.717) is 0 Å². The van der Waals surface area contributed by atoms with Crippen LogP contribution in [-0.4, -0.2) is 19.1 Å². The molecule has 0 radical (unpaired) electrons. The third-order valence-electron chi connectivity index (χ3n) is 0.500. The van der Waals surface area contributed by atoms with Gasteiger partial charge >= 0.3 is 0 Å². The monoisotopic (exact) mass is 102 g/mol. The zero-order valence-electron chi connectivity index (χ0n) is 4.23. The van der Waals surface area contributed by atoms with E-state index in [4.69, 9.17) is 4.80 Å². The summed E-state index contributed by atoms with van der Waals surface area (Å²) in [5, 5.41) is 0. The van der Waals surface area contributed by atoms with Gasteiger partial charge in [0.05, 0.1) is 0 Å². The highest BCUT2D eigenvalue weighted by Gasteiger charge is 1.74. The Bertz CT molecular complexity index is 54.6. The van der Waals surface area contributed by atoms with Gasteiger partial charge in [-0.25, -0.2) is 0 Å². The normalized spacial score (nSPS) is 12.0. The second-order valence-electron chi connectivity index (χ2n) is 1.25. The molecule has 0 atom stereocenters. The number of hydrogen-bond donors (Lipinski definition) is 1. The van der Waals surface area contributed by atoms with Gasteiger partial charge in [-0.1, -0.05) is 12.6 Å². The van der Waals surface area contributed by atoms with Gasteiger partial charge in [0, 0.05) is 0 Å². The molecule has 0 fully saturated rings. The van der Waals surface area contributed by atoms with Crippen molar-refractivity contribution >= 4 is 14.3 Å². The van der Waals surface area contributed by atoms with Crippen LogP contribution < -0.4 is 0 Å². The number of rotatable bonds is 1. The molecule has 36 valence electrons. The van der Waals surface area contributed by atoms with Crippen LogP contribution in [0, 0.1) is 0 Å². The molecule has 2 heteroatoms. The van der Waals surface area contributed by atoms with Crippen molar-refractivity contribution in [3.63, 3.8) is 0 Å². The maximum absolute atomic E-state index is 8.60. The summed E-state index contributed by atoms with van der Waals surface area (Å²) in [4.78, 5) is 8.60. The lowest BCUT2D eigenvalue weighted by Gasteiger charge is -1.77. The molecule has 1 N–H and O–H groups in total. The Morgan fingerprint density at radius 3 is 2.33 bits per heavy atom. The molecular formula is C4H10OSi. The summed E-state index contributed by atoms with van der Waals surface area (Å²) >= 11 is 0. The van der Waals surface area contributed by atoms with Crippen LogP contribution in [0.3, 0.4) is 0 Å². The van der Waals surface area contributed by atoms with Gasteiger partial charge in [0.25, 0.3) is 0 Å². The van der Waals surface area contributed by atoms with Gasteiger partial charge in [0.2, 0.25) is 8.65 Å². The summed E-state index contributed by atoms with van der Waals surface area (Å²) in [6, 6.07) is 0. The van der Waals surface area contributed by atoms with Crippen molar-refractivity contribution in [3.05, 3.63) is 0 Å². The fraction of sp³-hybridized carbons (Fsp3) is 0.750. The molecule has 0 unspecified atom stereocenters. The topological polar surface area (TPSA) is 20.2 Å². The molecule has 0 aliphatic carbocycles. The summed E-state index contributed by atoms with van der Waals surface area (Å²) in [5.41, 5.74) is 1.95. The second kappa shape index (κ2) is 3.09. The molecule has 0 amide bonds. The van der Waals surface area contributed by atoms with Gasteiger partial charge in [-0.15, -0.1) is 0 Å². The molecule has 0 rings (SSSR count). The first-order chi connectivity index (χ1) is 2.77. The zero-order valence-corrected chi connectivity index (χ0v) is 5.23. The van der Waals surface area contributed by atoms with Crippen molar-refractivity contribution in [2.24, 2.45) is 0 Å². The minimum atomic E-state index is -1.01. The fourth-order valence-corrected chi connectivity index (χ4v) is 0.886. The van der Waals surface area contributed by atoms with E-state index < -0.39 is 8.65 Å². The van der Waals surface area contributed by atoms with Crippen LogP contribution in [0.1, 0.15) is 13.3 Å². The van der Waals surface area contributed by atoms with Crippen LogP contribution in [0.5, 0.6) is 0 Å². The smallest absolute Gasteiger partial charge is 0.221 e. The van der Waals surface area contributed by atoms with E-state index in [0.717, 1.165) is 6.42 Å². The first kappa shape index (κ1) is 5.89. The van der Waals surface area contributed by atoms with E-state index in [1.54, 1.807) is 0 Å². The SMILES string of the molecule is CC/C=[Si](\C)O. The lowest BCUT2D eigenvalue weighted by atomic mass is 10.6. The van der Waals surface area contributed by atoms with Gasteiger partial charge in [-0.05, 0) is 13.0 Å². The Morgan fingerprint density at radius 1 is 1.83 bits per heavy atom. The third-order valence-corrected chi connectivity index (χ3v) is 1.50. The highest BCUT2D eigenvalue weighted by molar-refractivity contribution is 6.57. The Balaban J connectivity index is 3.14. The lowest BCUT2D eigenvalue weighted by Crippen LogP contribution is -1.94. The van der Waals surface area contributed by atoms with Gasteiger partial charge in [0.15, 0.2) is 0 Å². The summed E-state index contributed by atoms with van der Waals surface area (Å²) in [5.74, 6) is 0. The predicted octanol–water partition coefficient (Wildman–Crippen LogP) is 0.394. The molecule has 0 aromatic rings. The minimum absolute atomic E-state index is 1.00. The minimum Gasteiger partial charge on any atom is -0.566 e. The molecule has 0 aromatic heterocycles. The lowest BCUT2D eigenvalue weighted by molar-refractivity contribution is 0.604. The Kier molecular flexibility index (Phi) is 3.03. The maximum atomic E-state index is 8.60. The molecule has 0 aliphatic heterocycles. The van der Waals surface area contributed by atoms with E-state index in [1.165, 1.54) is 0 Å². The van der Waals surface area contributed by atoms with Crippen LogP contribution in [0.15, 0.2) is 0 Å². The molecule has 0 bridgehead atoms. The summed E-state index contributed by atoms with van der Waals surface area (Å²) in [6.45, 7) is 3.89. The van der Waals surface area contributed by atoms with Crippen LogP contribution in [0.2, 0.25) is 6.55 Å². The van der Waals surface area contributed by atoms with Crippen molar-refractivity contribution in [1.82, 2.24) is 0 Å². The first-order valence-electron chi connectivity index (χ1n) is 2.13. The van der Waals surface area contributed by atoms with Crippen molar-refractivity contribution in [2.45, 2.75) is 19.9 Å². The standard InChI is InChI=1S/C4H10OSi/c1-3-4-6(2)5/h4-5H,3H2,1-2H3/b6-4+. The quantitative estimate of drug-likeness (QED) is 0.475. The molecule has 1 nitrogen and oxygen atoms in total. The summed E-state index contributed by atoms with van der Waals surface area (Å²) in [6.07, 6.45) is 1.00. The predicted molar refractivity (Wildman–Crippen MR) is 30.2 cm³/mol. The molecule has 6 heavy (non-hydrogen) atoms. The molecule has 0 saturated carbocycles. The maximum Gasteiger partial charge on any atom is 0.221 e. The van der Waals surface area contributed by atoms with Crippen LogP contribution in [0.4, 0.5) is 0 Å².